The average molecular weight is 296 g/mol. The van der Waals surface area contributed by atoms with Crippen molar-refractivity contribution in [1.29, 1.82) is 0 Å². The molecule has 1 saturated heterocycles. The molecule has 1 fully saturated rings. The first kappa shape index (κ1) is 14.9. The van der Waals surface area contributed by atoms with Crippen LogP contribution in [-0.2, 0) is 16.1 Å². The van der Waals surface area contributed by atoms with Crippen molar-refractivity contribution in [3.05, 3.63) is 11.1 Å². The summed E-state index contributed by atoms with van der Waals surface area (Å²) in [6.45, 7) is 6.62. The summed E-state index contributed by atoms with van der Waals surface area (Å²) in [5.41, 5.74) is 0. The van der Waals surface area contributed by atoms with Gasteiger partial charge in [-0.2, -0.15) is 0 Å². The largest absolute Gasteiger partial charge is 0.349 e. The minimum Gasteiger partial charge on any atom is -0.349 e. The van der Waals surface area contributed by atoms with Crippen molar-refractivity contribution in [2.45, 2.75) is 32.9 Å². The monoisotopic (exact) mass is 296 g/mol. The Kier molecular flexibility index (Phi) is 4.72. The molecular formula is C13H20N4O2S. The van der Waals surface area contributed by atoms with Gasteiger partial charge in [0, 0.05) is 37.8 Å². The lowest BCUT2D eigenvalue weighted by Crippen LogP contribution is -2.36. The van der Waals surface area contributed by atoms with E-state index in [-0.39, 0.29) is 18.2 Å². The second-order valence-electron chi connectivity index (χ2n) is 4.71. The van der Waals surface area contributed by atoms with Gasteiger partial charge < -0.3 is 10.2 Å². The van der Waals surface area contributed by atoms with Gasteiger partial charge >= 0.3 is 0 Å². The molecule has 0 aliphatic carbocycles. The minimum absolute atomic E-state index is 0.124. The third-order valence-corrected chi connectivity index (χ3v) is 4.54. The maximum absolute atomic E-state index is 11.8. The Bertz CT molecular complexity index is 498. The van der Waals surface area contributed by atoms with Crippen molar-refractivity contribution in [3.63, 3.8) is 0 Å². The van der Waals surface area contributed by atoms with E-state index in [4.69, 9.17) is 0 Å². The number of likely N-dealkylation sites (N-methyl/N-ethyl adjacent to an activating group) is 1. The summed E-state index contributed by atoms with van der Waals surface area (Å²) in [7, 11) is 1.53. The van der Waals surface area contributed by atoms with Crippen LogP contribution in [0.5, 0.6) is 0 Å². The lowest BCUT2D eigenvalue weighted by atomic mass is 10.2. The van der Waals surface area contributed by atoms with Gasteiger partial charge in [-0.1, -0.05) is 0 Å². The van der Waals surface area contributed by atoms with Crippen LogP contribution in [0, 0.1) is 0 Å². The standard InChI is InChI=1S/C13H20N4O2S/c1-4-17(5-2)13-15-8-9(20-13)7-14-10-6-11(18)16(3)12(10)19/h8,10,14H,4-7H2,1-3H3. The van der Waals surface area contributed by atoms with Crippen LogP contribution in [0.4, 0.5) is 5.13 Å². The summed E-state index contributed by atoms with van der Waals surface area (Å²) in [6.07, 6.45) is 2.08. The van der Waals surface area contributed by atoms with Crippen molar-refractivity contribution in [3.8, 4) is 0 Å². The highest BCUT2D eigenvalue weighted by atomic mass is 32.1. The van der Waals surface area contributed by atoms with Crippen LogP contribution in [-0.4, -0.2) is 47.9 Å². The number of hydrogen-bond donors (Lipinski definition) is 1. The van der Waals surface area contributed by atoms with Crippen LogP contribution in [0.1, 0.15) is 25.1 Å². The highest BCUT2D eigenvalue weighted by Crippen LogP contribution is 2.22. The SMILES string of the molecule is CCN(CC)c1ncc(CNC2CC(=O)N(C)C2=O)s1. The molecule has 0 spiro atoms. The number of rotatable bonds is 6. The fourth-order valence-corrected chi connectivity index (χ4v) is 3.15. The number of imide groups is 1. The number of thiazole rings is 1. The third kappa shape index (κ3) is 2.99. The quantitative estimate of drug-likeness (QED) is 0.788. The smallest absolute Gasteiger partial charge is 0.246 e. The summed E-state index contributed by atoms with van der Waals surface area (Å²) in [4.78, 5) is 32.0. The molecule has 1 N–H and O–H groups in total. The predicted molar refractivity (Wildman–Crippen MR) is 78.7 cm³/mol. The Labute approximate surface area is 122 Å². The van der Waals surface area contributed by atoms with Gasteiger partial charge in [-0.3, -0.25) is 14.5 Å². The summed E-state index contributed by atoms with van der Waals surface area (Å²) >= 11 is 1.62. The summed E-state index contributed by atoms with van der Waals surface area (Å²) < 4.78 is 0. The maximum Gasteiger partial charge on any atom is 0.246 e. The number of carbonyl (C=O) groups excluding carboxylic acids is 2. The van der Waals surface area contributed by atoms with E-state index in [2.05, 4.69) is 29.0 Å². The van der Waals surface area contributed by atoms with Gasteiger partial charge in [-0.05, 0) is 13.8 Å². The fourth-order valence-electron chi connectivity index (χ4n) is 2.16. The van der Waals surface area contributed by atoms with Crippen molar-refractivity contribution in [2.75, 3.05) is 25.0 Å². The number of amides is 2. The molecule has 2 heterocycles. The number of anilines is 1. The van der Waals surface area contributed by atoms with Crippen molar-refractivity contribution in [2.24, 2.45) is 0 Å². The van der Waals surface area contributed by atoms with E-state index in [9.17, 15) is 9.59 Å². The second kappa shape index (κ2) is 6.32. The molecule has 1 aliphatic rings. The molecule has 1 unspecified atom stereocenters. The van der Waals surface area contributed by atoms with E-state index < -0.39 is 6.04 Å². The molecule has 20 heavy (non-hydrogen) atoms. The number of likely N-dealkylation sites (tertiary alicyclic amines) is 1. The lowest BCUT2D eigenvalue weighted by Gasteiger charge is -2.16. The van der Waals surface area contributed by atoms with E-state index in [1.54, 1.807) is 11.3 Å². The van der Waals surface area contributed by atoms with Crippen LogP contribution in [0.15, 0.2) is 6.20 Å². The summed E-state index contributed by atoms with van der Waals surface area (Å²) in [5, 5.41) is 4.13. The van der Waals surface area contributed by atoms with Crippen LogP contribution in [0.2, 0.25) is 0 Å². The molecule has 0 radical (unpaired) electrons. The molecule has 2 amide bonds. The highest BCUT2D eigenvalue weighted by Gasteiger charge is 2.35. The molecule has 1 atom stereocenters. The molecule has 0 saturated carbocycles. The van der Waals surface area contributed by atoms with Gasteiger partial charge in [0.25, 0.3) is 0 Å². The van der Waals surface area contributed by atoms with Gasteiger partial charge in [0.1, 0.15) is 0 Å². The summed E-state index contributed by atoms with van der Waals surface area (Å²) in [5.74, 6) is -0.274. The van der Waals surface area contributed by atoms with E-state index in [0.717, 1.165) is 23.1 Å². The van der Waals surface area contributed by atoms with Gasteiger partial charge in [0.15, 0.2) is 5.13 Å². The van der Waals surface area contributed by atoms with E-state index in [1.807, 2.05) is 6.20 Å². The molecule has 2 rings (SSSR count). The number of nitrogens with one attached hydrogen (secondary N) is 1. The number of aromatic nitrogens is 1. The van der Waals surface area contributed by atoms with Crippen molar-refractivity contribution < 1.29 is 9.59 Å². The molecular weight excluding hydrogens is 276 g/mol. The second-order valence-corrected chi connectivity index (χ2v) is 5.80. The molecule has 110 valence electrons. The Morgan fingerprint density at radius 2 is 2.15 bits per heavy atom. The Morgan fingerprint density at radius 3 is 2.70 bits per heavy atom. The van der Waals surface area contributed by atoms with Crippen molar-refractivity contribution in [1.82, 2.24) is 15.2 Å². The molecule has 7 heteroatoms. The molecule has 1 aromatic rings. The van der Waals surface area contributed by atoms with Crippen LogP contribution >= 0.6 is 11.3 Å². The summed E-state index contributed by atoms with van der Waals surface area (Å²) in [6, 6.07) is -0.397. The molecule has 0 bridgehead atoms. The zero-order valence-electron chi connectivity index (χ0n) is 12.0. The van der Waals surface area contributed by atoms with E-state index >= 15 is 0 Å². The van der Waals surface area contributed by atoms with Crippen LogP contribution in [0.25, 0.3) is 0 Å². The Hall–Kier alpha value is -1.47. The molecule has 1 aliphatic heterocycles. The zero-order chi connectivity index (χ0) is 14.7. The molecule has 6 nitrogen and oxygen atoms in total. The number of nitrogens with zero attached hydrogens (tertiary/aromatic N) is 3. The maximum atomic E-state index is 11.8. The van der Waals surface area contributed by atoms with Gasteiger partial charge in [0.2, 0.25) is 11.8 Å². The normalized spacial score (nSPS) is 18.9. The predicted octanol–water partition coefficient (Wildman–Crippen LogP) is 0.836. The fraction of sp³-hybridized carbons (Fsp3) is 0.615. The number of hydrogen-bond acceptors (Lipinski definition) is 6. The third-order valence-electron chi connectivity index (χ3n) is 3.48. The number of carbonyl (C=O) groups is 2. The van der Waals surface area contributed by atoms with Gasteiger partial charge in [-0.25, -0.2) is 4.98 Å². The van der Waals surface area contributed by atoms with Crippen LogP contribution in [0.3, 0.4) is 0 Å². The lowest BCUT2D eigenvalue weighted by molar-refractivity contribution is -0.137. The topological polar surface area (TPSA) is 65.5 Å². The van der Waals surface area contributed by atoms with Crippen molar-refractivity contribution >= 4 is 28.3 Å². The van der Waals surface area contributed by atoms with E-state index in [1.165, 1.54) is 11.9 Å². The average Bonchev–Trinajstić information content (AvgIpc) is 2.99. The molecule has 0 aromatic carbocycles. The Morgan fingerprint density at radius 1 is 1.45 bits per heavy atom. The first-order chi connectivity index (χ1) is 9.56. The van der Waals surface area contributed by atoms with Crippen LogP contribution < -0.4 is 10.2 Å². The van der Waals surface area contributed by atoms with E-state index in [0.29, 0.717) is 6.54 Å². The minimum atomic E-state index is -0.397. The molecule has 1 aromatic heterocycles. The van der Waals surface area contributed by atoms with Gasteiger partial charge in [0.05, 0.1) is 12.5 Å². The first-order valence-electron chi connectivity index (χ1n) is 6.80. The highest BCUT2D eigenvalue weighted by molar-refractivity contribution is 7.15. The first-order valence-corrected chi connectivity index (χ1v) is 7.61. The Balaban J connectivity index is 1.92. The van der Waals surface area contributed by atoms with Gasteiger partial charge in [-0.15, -0.1) is 11.3 Å². The zero-order valence-corrected chi connectivity index (χ0v) is 12.9.